The lowest BCUT2D eigenvalue weighted by molar-refractivity contribution is -0.134. The van der Waals surface area contributed by atoms with Crippen molar-refractivity contribution in [1.82, 2.24) is 10.2 Å². The van der Waals surface area contributed by atoms with Crippen LogP contribution in [0.2, 0.25) is 0 Å². The van der Waals surface area contributed by atoms with Crippen molar-refractivity contribution in [2.45, 2.75) is 18.9 Å². The van der Waals surface area contributed by atoms with Gasteiger partial charge in [-0.25, -0.2) is 4.79 Å². The third-order valence-corrected chi connectivity index (χ3v) is 5.72. The number of benzene rings is 2. The first-order valence-electron chi connectivity index (χ1n) is 9.64. The van der Waals surface area contributed by atoms with Crippen LogP contribution in [0.4, 0.5) is 10.5 Å². The number of rotatable bonds is 5. The molecule has 0 aromatic heterocycles. The highest BCUT2D eigenvalue weighted by Crippen LogP contribution is 2.35. The molecule has 2 aromatic rings. The third kappa shape index (κ3) is 3.04. The molecule has 156 valence electrons. The van der Waals surface area contributed by atoms with Gasteiger partial charge in [-0.05, 0) is 42.7 Å². The largest absolute Gasteiger partial charge is 0.493 e. The van der Waals surface area contributed by atoms with E-state index in [1.807, 2.05) is 24.3 Å². The lowest BCUT2D eigenvalue weighted by Crippen LogP contribution is -2.44. The molecule has 1 N–H and O–H groups in total. The summed E-state index contributed by atoms with van der Waals surface area (Å²) < 4.78 is 10.5. The summed E-state index contributed by atoms with van der Waals surface area (Å²) >= 11 is 0. The number of methoxy groups -OCH3 is 2. The predicted octanol–water partition coefficient (Wildman–Crippen LogP) is 2.06. The highest BCUT2D eigenvalue weighted by Gasteiger charge is 2.50. The van der Waals surface area contributed by atoms with Gasteiger partial charge in [-0.3, -0.25) is 14.5 Å². The first kappa shape index (κ1) is 19.8. The molecule has 1 fully saturated rings. The molecule has 2 aliphatic heterocycles. The van der Waals surface area contributed by atoms with E-state index in [1.54, 1.807) is 30.0 Å². The van der Waals surface area contributed by atoms with E-state index in [0.29, 0.717) is 23.6 Å². The summed E-state index contributed by atoms with van der Waals surface area (Å²) in [4.78, 5) is 41.3. The fourth-order valence-corrected chi connectivity index (χ4v) is 4.00. The molecule has 30 heavy (non-hydrogen) atoms. The fraction of sp³-hybridized carbons (Fsp3) is 0.318. The van der Waals surface area contributed by atoms with Crippen LogP contribution < -0.4 is 19.7 Å². The van der Waals surface area contributed by atoms with Crippen LogP contribution in [0.5, 0.6) is 11.5 Å². The normalized spacial score (nSPS) is 20.2. The molecule has 1 saturated heterocycles. The summed E-state index contributed by atoms with van der Waals surface area (Å²) in [6, 6.07) is 12.1. The van der Waals surface area contributed by atoms with Gasteiger partial charge in [0.25, 0.3) is 5.91 Å². The van der Waals surface area contributed by atoms with E-state index in [1.165, 1.54) is 14.2 Å². The third-order valence-electron chi connectivity index (χ3n) is 5.72. The summed E-state index contributed by atoms with van der Waals surface area (Å²) in [5, 5.41) is 2.72. The maximum absolute atomic E-state index is 13.2. The highest BCUT2D eigenvalue weighted by atomic mass is 16.5. The standard InChI is InChI=1S/C22H23N3O5/c1-22(15-8-9-17(29-2)18(12-15)30-3)20(27)25(21(28)23-22)13-19(26)24-11-10-14-6-4-5-7-16(14)24/h4-9,12H,10-11,13H2,1-3H3,(H,23,28)/t22-/m1/s1. The zero-order valence-corrected chi connectivity index (χ0v) is 17.1. The SMILES string of the molecule is COc1ccc([C@@]2(C)NC(=O)N(CC(=O)N3CCc4ccccc43)C2=O)cc1OC. The molecule has 0 radical (unpaired) electrons. The summed E-state index contributed by atoms with van der Waals surface area (Å²) in [6.45, 7) is 1.83. The predicted molar refractivity (Wildman–Crippen MR) is 110 cm³/mol. The summed E-state index contributed by atoms with van der Waals surface area (Å²) in [6.07, 6.45) is 0.755. The smallest absolute Gasteiger partial charge is 0.325 e. The first-order valence-corrected chi connectivity index (χ1v) is 9.64. The molecule has 4 amide bonds. The fourth-order valence-electron chi connectivity index (χ4n) is 4.00. The molecule has 0 aliphatic carbocycles. The average molecular weight is 409 g/mol. The Kier molecular flexibility index (Phi) is 4.85. The Morgan fingerprint density at radius 1 is 1.10 bits per heavy atom. The van der Waals surface area contributed by atoms with Gasteiger partial charge in [-0.1, -0.05) is 24.3 Å². The zero-order valence-electron chi connectivity index (χ0n) is 17.1. The summed E-state index contributed by atoms with van der Waals surface area (Å²) in [5.74, 6) is 0.184. The highest BCUT2D eigenvalue weighted by molar-refractivity contribution is 6.10. The van der Waals surface area contributed by atoms with Crippen LogP contribution >= 0.6 is 0 Å². The van der Waals surface area contributed by atoms with E-state index < -0.39 is 17.5 Å². The minimum absolute atomic E-state index is 0.292. The average Bonchev–Trinajstić information content (AvgIpc) is 3.28. The van der Waals surface area contributed by atoms with Gasteiger partial charge in [-0.15, -0.1) is 0 Å². The van der Waals surface area contributed by atoms with Gasteiger partial charge in [-0.2, -0.15) is 0 Å². The van der Waals surface area contributed by atoms with Crippen molar-refractivity contribution in [1.29, 1.82) is 0 Å². The number of anilines is 1. The number of urea groups is 1. The molecular weight excluding hydrogens is 386 g/mol. The maximum Gasteiger partial charge on any atom is 0.325 e. The van der Waals surface area contributed by atoms with Crippen molar-refractivity contribution < 1.29 is 23.9 Å². The number of amides is 4. The number of nitrogens with zero attached hydrogens (tertiary/aromatic N) is 2. The van der Waals surface area contributed by atoms with Crippen molar-refractivity contribution in [2.24, 2.45) is 0 Å². The number of carbonyl (C=O) groups is 3. The van der Waals surface area contributed by atoms with Crippen molar-refractivity contribution in [2.75, 3.05) is 32.2 Å². The van der Waals surface area contributed by atoms with E-state index in [-0.39, 0.29) is 12.5 Å². The van der Waals surface area contributed by atoms with Gasteiger partial charge in [0.2, 0.25) is 5.91 Å². The number of imide groups is 1. The topological polar surface area (TPSA) is 88.2 Å². The molecule has 8 nitrogen and oxygen atoms in total. The van der Waals surface area contributed by atoms with E-state index in [0.717, 1.165) is 22.6 Å². The molecule has 0 spiro atoms. The number of nitrogens with one attached hydrogen (secondary N) is 1. The second-order valence-corrected chi connectivity index (χ2v) is 7.44. The summed E-state index contributed by atoms with van der Waals surface area (Å²) in [7, 11) is 3.02. The Hall–Kier alpha value is -3.55. The van der Waals surface area contributed by atoms with Gasteiger partial charge in [0, 0.05) is 12.2 Å². The van der Waals surface area contributed by atoms with Crippen LogP contribution in [0.3, 0.4) is 0 Å². The minimum atomic E-state index is -1.31. The lowest BCUT2D eigenvalue weighted by atomic mass is 9.91. The van der Waals surface area contributed by atoms with E-state index in [9.17, 15) is 14.4 Å². The van der Waals surface area contributed by atoms with E-state index in [2.05, 4.69) is 5.32 Å². The van der Waals surface area contributed by atoms with Gasteiger partial charge < -0.3 is 19.7 Å². The van der Waals surface area contributed by atoms with E-state index in [4.69, 9.17) is 9.47 Å². The number of hydrogen-bond donors (Lipinski definition) is 1. The molecule has 2 aliphatic rings. The number of carbonyl (C=O) groups excluding carboxylic acids is 3. The Balaban J connectivity index is 1.57. The molecule has 2 aromatic carbocycles. The van der Waals surface area contributed by atoms with Crippen LogP contribution in [0.25, 0.3) is 0 Å². The van der Waals surface area contributed by atoms with Crippen molar-refractivity contribution in [3.8, 4) is 11.5 Å². The van der Waals surface area contributed by atoms with Crippen LogP contribution in [-0.4, -0.2) is 50.1 Å². The summed E-state index contributed by atoms with van der Waals surface area (Å²) in [5.41, 5.74) is 1.15. The number of para-hydroxylation sites is 1. The van der Waals surface area contributed by atoms with Crippen LogP contribution in [0.15, 0.2) is 42.5 Å². The van der Waals surface area contributed by atoms with Crippen molar-refractivity contribution in [3.63, 3.8) is 0 Å². The molecule has 0 bridgehead atoms. The molecule has 1 atom stereocenters. The molecule has 8 heteroatoms. The van der Waals surface area contributed by atoms with Crippen molar-refractivity contribution >= 4 is 23.5 Å². The van der Waals surface area contributed by atoms with Gasteiger partial charge >= 0.3 is 6.03 Å². The zero-order chi connectivity index (χ0) is 21.5. The Morgan fingerprint density at radius 2 is 1.83 bits per heavy atom. The van der Waals surface area contributed by atoms with Crippen molar-refractivity contribution in [3.05, 3.63) is 53.6 Å². The molecule has 2 heterocycles. The monoisotopic (exact) mass is 409 g/mol. The minimum Gasteiger partial charge on any atom is -0.493 e. The van der Waals surface area contributed by atoms with Gasteiger partial charge in [0.05, 0.1) is 14.2 Å². The number of hydrogen-bond acceptors (Lipinski definition) is 5. The second kappa shape index (κ2) is 7.37. The van der Waals surface area contributed by atoms with Gasteiger partial charge in [0.1, 0.15) is 12.1 Å². The second-order valence-electron chi connectivity index (χ2n) is 7.44. The van der Waals surface area contributed by atoms with Crippen LogP contribution in [0.1, 0.15) is 18.1 Å². The quantitative estimate of drug-likeness (QED) is 0.764. The molecule has 0 unspecified atom stereocenters. The first-order chi connectivity index (χ1) is 14.4. The van der Waals surface area contributed by atoms with Gasteiger partial charge in [0.15, 0.2) is 11.5 Å². The molecular formula is C22H23N3O5. The van der Waals surface area contributed by atoms with Crippen LogP contribution in [-0.2, 0) is 21.5 Å². The van der Waals surface area contributed by atoms with E-state index >= 15 is 0 Å². The molecule has 4 rings (SSSR count). The lowest BCUT2D eigenvalue weighted by Gasteiger charge is -2.24. The Morgan fingerprint density at radius 3 is 2.57 bits per heavy atom. The Bertz CT molecular complexity index is 1040. The number of fused-ring (bicyclic) bond motifs is 1. The Labute approximate surface area is 174 Å². The van der Waals surface area contributed by atoms with Crippen LogP contribution in [0, 0.1) is 0 Å². The number of ether oxygens (including phenoxy) is 2. The molecule has 0 saturated carbocycles. The maximum atomic E-state index is 13.2.